The van der Waals surface area contributed by atoms with Gasteiger partial charge in [-0.05, 0) is 49.8 Å². The van der Waals surface area contributed by atoms with Gasteiger partial charge in [-0.2, -0.15) is 0 Å². The van der Waals surface area contributed by atoms with Crippen molar-refractivity contribution in [1.29, 1.82) is 0 Å². The summed E-state index contributed by atoms with van der Waals surface area (Å²) in [7, 11) is 1.62. The van der Waals surface area contributed by atoms with Crippen LogP contribution in [0, 0.1) is 18.7 Å². The molecule has 7 nitrogen and oxygen atoms in total. The molecule has 158 valence electrons. The first-order valence-electron chi connectivity index (χ1n) is 10.2. The Morgan fingerprint density at radius 2 is 2.00 bits per heavy atom. The van der Waals surface area contributed by atoms with Crippen LogP contribution in [0.5, 0.6) is 0 Å². The van der Waals surface area contributed by atoms with E-state index in [1.54, 1.807) is 13.1 Å². The van der Waals surface area contributed by atoms with Crippen molar-refractivity contribution >= 4 is 17.6 Å². The van der Waals surface area contributed by atoms with Crippen LogP contribution >= 0.6 is 0 Å². The minimum atomic E-state index is -0.499. The Bertz CT molecular complexity index is 980. The molecule has 2 aliphatic rings. The van der Waals surface area contributed by atoms with Gasteiger partial charge in [0, 0.05) is 24.3 Å². The van der Waals surface area contributed by atoms with Crippen molar-refractivity contribution in [1.82, 2.24) is 20.2 Å². The summed E-state index contributed by atoms with van der Waals surface area (Å²) in [5.41, 5.74) is 1.84. The predicted octanol–water partition coefficient (Wildman–Crippen LogP) is 3.50. The quantitative estimate of drug-likeness (QED) is 0.806. The molecule has 2 heterocycles. The summed E-state index contributed by atoms with van der Waals surface area (Å²) in [5.74, 6) is 0.335. The number of nitrogens with zero attached hydrogens (tertiary/aromatic N) is 3. The lowest BCUT2D eigenvalue weighted by molar-refractivity contribution is -0.134. The van der Waals surface area contributed by atoms with E-state index in [9.17, 15) is 14.0 Å². The molecule has 2 N–H and O–H groups in total. The summed E-state index contributed by atoms with van der Waals surface area (Å²) in [6.07, 6.45) is 5.20. The highest BCUT2D eigenvalue weighted by Crippen LogP contribution is 2.51. The molecule has 8 heteroatoms. The lowest BCUT2D eigenvalue weighted by Gasteiger charge is -2.63. The maximum atomic E-state index is 13.2. The van der Waals surface area contributed by atoms with Crippen LogP contribution in [0.1, 0.15) is 38.2 Å². The van der Waals surface area contributed by atoms with Gasteiger partial charge in [0.2, 0.25) is 5.91 Å². The highest BCUT2D eigenvalue weighted by atomic mass is 19.1. The number of likely N-dealkylation sites (tertiary alicyclic amines) is 1. The van der Waals surface area contributed by atoms with Crippen molar-refractivity contribution < 1.29 is 14.0 Å². The fourth-order valence-electron chi connectivity index (χ4n) is 5.04. The van der Waals surface area contributed by atoms with Crippen molar-refractivity contribution in [2.24, 2.45) is 5.92 Å². The second-order valence-electron chi connectivity index (χ2n) is 8.53. The Morgan fingerprint density at radius 1 is 1.27 bits per heavy atom. The number of fused-ring (bicyclic) bond motifs is 2. The second-order valence-corrected chi connectivity index (χ2v) is 8.53. The van der Waals surface area contributed by atoms with Crippen LogP contribution in [0.15, 0.2) is 30.6 Å². The van der Waals surface area contributed by atoms with Gasteiger partial charge in [0.15, 0.2) is 11.6 Å². The average molecular weight is 411 g/mol. The first-order valence-corrected chi connectivity index (χ1v) is 10.2. The van der Waals surface area contributed by atoms with Gasteiger partial charge in [-0.1, -0.05) is 13.0 Å². The summed E-state index contributed by atoms with van der Waals surface area (Å²) in [5, 5.41) is 5.66. The minimum absolute atomic E-state index is 0.0496. The van der Waals surface area contributed by atoms with Gasteiger partial charge in [-0.15, -0.1) is 0 Å². The smallest absolute Gasteiger partial charge is 0.322 e. The number of carbonyl (C=O) groups is 2. The van der Waals surface area contributed by atoms with Gasteiger partial charge in [-0.25, -0.2) is 19.2 Å². The number of piperidine rings is 1. The van der Waals surface area contributed by atoms with Gasteiger partial charge in [-0.3, -0.25) is 4.79 Å². The molecular weight excluding hydrogens is 385 g/mol. The van der Waals surface area contributed by atoms with Crippen molar-refractivity contribution in [3.63, 3.8) is 0 Å². The summed E-state index contributed by atoms with van der Waals surface area (Å²) < 4.78 is 13.2. The van der Waals surface area contributed by atoms with Gasteiger partial charge in [0.1, 0.15) is 0 Å². The number of nitrogens with one attached hydrogen (secondary N) is 2. The first-order chi connectivity index (χ1) is 14.3. The standard InChI is InChI=1S/C22H26FN5O2/c1-13-6-17-9-22(8-13,10-19(29)24-3)28(17)21(30)27-16-5-4-14(2)18(7-16)20-25-11-15(23)12-26-20/h4-5,7,11-13,17H,6,8-10H2,1-3H3,(H,24,29)(H,27,30)/t13-,17?,22-/m0/s1. The van der Waals surface area contributed by atoms with Gasteiger partial charge < -0.3 is 15.5 Å². The van der Waals surface area contributed by atoms with E-state index in [2.05, 4.69) is 27.5 Å². The third-order valence-corrected chi connectivity index (χ3v) is 6.23. The minimum Gasteiger partial charge on any atom is -0.359 e. The van der Waals surface area contributed by atoms with Crippen LogP contribution in [-0.2, 0) is 4.79 Å². The van der Waals surface area contributed by atoms with Crippen molar-refractivity contribution in [2.45, 2.75) is 51.1 Å². The Balaban J connectivity index is 1.56. The van der Waals surface area contributed by atoms with Crippen molar-refractivity contribution in [3.05, 3.63) is 42.0 Å². The molecule has 1 aliphatic heterocycles. The van der Waals surface area contributed by atoms with Crippen LogP contribution in [-0.4, -0.2) is 45.4 Å². The molecule has 1 aliphatic carbocycles. The second kappa shape index (κ2) is 7.66. The predicted molar refractivity (Wildman–Crippen MR) is 111 cm³/mol. The van der Waals surface area contributed by atoms with Crippen LogP contribution in [0.3, 0.4) is 0 Å². The zero-order chi connectivity index (χ0) is 21.5. The maximum absolute atomic E-state index is 13.2. The van der Waals surface area contributed by atoms with Crippen LogP contribution in [0.25, 0.3) is 11.4 Å². The molecule has 2 aromatic rings. The normalized spacial score (nSPS) is 24.7. The summed E-state index contributed by atoms with van der Waals surface area (Å²) in [4.78, 5) is 35.2. The third kappa shape index (κ3) is 3.62. The largest absolute Gasteiger partial charge is 0.359 e. The molecule has 30 heavy (non-hydrogen) atoms. The van der Waals surface area contributed by atoms with E-state index in [1.165, 1.54) is 0 Å². The van der Waals surface area contributed by atoms with Gasteiger partial charge >= 0.3 is 6.03 Å². The average Bonchev–Trinajstić information content (AvgIpc) is 2.69. The van der Waals surface area contributed by atoms with E-state index in [0.29, 0.717) is 23.9 Å². The van der Waals surface area contributed by atoms with Crippen LogP contribution < -0.4 is 10.6 Å². The van der Waals surface area contributed by atoms with Gasteiger partial charge in [0.25, 0.3) is 0 Å². The number of hydrogen-bond donors (Lipinski definition) is 2. The number of hydrogen-bond acceptors (Lipinski definition) is 4. The Labute approximate surface area is 175 Å². The topological polar surface area (TPSA) is 87.2 Å². The number of carbonyl (C=O) groups excluding carboxylic acids is 2. The number of benzene rings is 1. The molecule has 0 radical (unpaired) electrons. The van der Waals surface area contributed by atoms with Crippen LogP contribution in [0.2, 0.25) is 0 Å². The molecule has 0 spiro atoms. The number of halogens is 1. The summed E-state index contributed by atoms with van der Waals surface area (Å²) in [6.45, 7) is 4.09. The van der Waals surface area contributed by atoms with Crippen molar-refractivity contribution in [2.75, 3.05) is 12.4 Å². The monoisotopic (exact) mass is 411 g/mol. The Hall–Kier alpha value is -3.03. The number of aromatic nitrogens is 2. The highest BCUT2D eigenvalue weighted by Gasteiger charge is 2.58. The Morgan fingerprint density at radius 3 is 2.70 bits per heavy atom. The highest BCUT2D eigenvalue weighted by molar-refractivity contribution is 5.92. The molecule has 1 unspecified atom stereocenters. The zero-order valence-electron chi connectivity index (χ0n) is 17.4. The number of rotatable bonds is 4. The van der Waals surface area contributed by atoms with E-state index >= 15 is 0 Å². The molecule has 2 fully saturated rings. The summed E-state index contributed by atoms with van der Waals surface area (Å²) in [6, 6.07) is 5.45. The first kappa shape index (κ1) is 20.3. The van der Waals surface area contributed by atoms with E-state index in [1.807, 2.05) is 24.0 Å². The Kier molecular flexibility index (Phi) is 5.17. The molecule has 1 saturated carbocycles. The molecule has 4 rings (SSSR count). The molecule has 2 bridgehead atoms. The molecule has 3 atom stereocenters. The molecular formula is C22H26FN5O2. The van der Waals surface area contributed by atoms with E-state index in [4.69, 9.17) is 0 Å². The lowest BCUT2D eigenvalue weighted by Crippen LogP contribution is -2.73. The van der Waals surface area contributed by atoms with E-state index < -0.39 is 11.4 Å². The van der Waals surface area contributed by atoms with E-state index in [0.717, 1.165) is 42.8 Å². The number of aryl methyl sites for hydroxylation is 1. The number of amides is 3. The molecule has 1 aromatic heterocycles. The fourth-order valence-corrected chi connectivity index (χ4v) is 5.04. The summed E-state index contributed by atoms with van der Waals surface area (Å²) >= 11 is 0. The van der Waals surface area contributed by atoms with Crippen LogP contribution in [0.4, 0.5) is 14.9 Å². The fraction of sp³-hybridized carbons (Fsp3) is 0.455. The maximum Gasteiger partial charge on any atom is 0.322 e. The van der Waals surface area contributed by atoms with Gasteiger partial charge in [0.05, 0.1) is 24.4 Å². The van der Waals surface area contributed by atoms with E-state index in [-0.39, 0.29) is 18.0 Å². The zero-order valence-corrected chi connectivity index (χ0v) is 17.4. The molecule has 3 amide bonds. The third-order valence-electron chi connectivity index (χ3n) is 6.23. The number of anilines is 1. The van der Waals surface area contributed by atoms with Crippen molar-refractivity contribution in [3.8, 4) is 11.4 Å². The SMILES string of the molecule is CNC(=O)C[C@@]12CC(C[C@H](C)C1)N2C(=O)Nc1ccc(C)c(-c2ncc(F)cn2)c1. The lowest BCUT2D eigenvalue weighted by atomic mass is 9.63. The molecule has 1 aromatic carbocycles. The number of urea groups is 1. The molecule has 1 saturated heterocycles.